The Balaban J connectivity index is 1.59. The lowest BCUT2D eigenvalue weighted by Crippen LogP contribution is -2.40. The first kappa shape index (κ1) is 22.9. The molecule has 2 aromatic carbocycles. The van der Waals surface area contributed by atoms with Crippen molar-refractivity contribution in [1.29, 1.82) is 0 Å². The summed E-state index contributed by atoms with van der Waals surface area (Å²) in [7, 11) is -1.97. The summed E-state index contributed by atoms with van der Waals surface area (Å²) in [6.07, 6.45) is 0.705. The summed E-state index contributed by atoms with van der Waals surface area (Å²) in [5.41, 5.74) is 2.68. The maximum Gasteiger partial charge on any atom is 0.251 e. The minimum atomic E-state index is -3.53. The van der Waals surface area contributed by atoms with Crippen LogP contribution in [0.25, 0.3) is 0 Å². The first-order valence-corrected chi connectivity index (χ1v) is 11.6. The number of hydrogen-bond acceptors (Lipinski definition) is 5. The number of carbonyl (C=O) groups is 2. The molecule has 0 spiro atoms. The van der Waals surface area contributed by atoms with Crippen LogP contribution in [0.5, 0.6) is 0 Å². The van der Waals surface area contributed by atoms with Gasteiger partial charge in [-0.1, -0.05) is 18.2 Å². The standard InChI is InChI=1S/C22H27N3O5S/c1-16-19(22(27)23-2)4-3-5-20(16)24-21(26)11-8-17-6-9-18(10-7-17)31(28,29)25-12-14-30-15-13-25/h3-7,9-10H,8,11-15H2,1-2H3,(H,23,27)(H,24,26). The molecule has 0 aliphatic carbocycles. The zero-order valence-corrected chi connectivity index (χ0v) is 18.5. The lowest BCUT2D eigenvalue weighted by atomic mass is 10.1. The SMILES string of the molecule is CNC(=O)c1cccc(NC(=O)CCc2ccc(S(=O)(=O)N3CCOCC3)cc2)c1C. The summed E-state index contributed by atoms with van der Waals surface area (Å²) in [5, 5.41) is 5.43. The molecule has 0 bridgehead atoms. The number of rotatable bonds is 7. The number of aryl methyl sites for hydroxylation is 1. The van der Waals surface area contributed by atoms with Gasteiger partial charge in [0.25, 0.3) is 5.91 Å². The Morgan fingerprint density at radius 2 is 1.74 bits per heavy atom. The third kappa shape index (κ3) is 5.49. The van der Waals surface area contributed by atoms with Crippen molar-refractivity contribution in [2.45, 2.75) is 24.7 Å². The zero-order chi connectivity index (χ0) is 22.4. The van der Waals surface area contributed by atoms with Crippen molar-refractivity contribution >= 4 is 27.5 Å². The second-order valence-electron chi connectivity index (χ2n) is 7.27. The second-order valence-corrected chi connectivity index (χ2v) is 9.20. The molecule has 9 heteroatoms. The van der Waals surface area contributed by atoms with Crippen LogP contribution in [0.15, 0.2) is 47.4 Å². The Kier molecular flexibility index (Phi) is 7.42. The first-order chi connectivity index (χ1) is 14.8. The van der Waals surface area contributed by atoms with Gasteiger partial charge >= 0.3 is 0 Å². The van der Waals surface area contributed by atoms with Gasteiger partial charge in [0.05, 0.1) is 18.1 Å². The molecule has 1 aliphatic rings. The van der Waals surface area contributed by atoms with Crippen molar-refractivity contribution in [2.24, 2.45) is 0 Å². The monoisotopic (exact) mass is 445 g/mol. The van der Waals surface area contributed by atoms with Crippen molar-refractivity contribution in [3.8, 4) is 0 Å². The van der Waals surface area contributed by atoms with Crippen LogP contribution in [-0.4, -0.2) is 57.9 Å². The van der Waals surface area contributed by atoms with Gasteiger partial charge < -0.3 is 15.4 Å². The summed E-state index contributed by atoms with van der Waals surface area (Å²) in [5.74, 6) is -0.386. The molecular weight excluding hydrogens is 418 g/mol. The van der Waals surface area contributed by atoms with Gasteiger partial charge in [-0.25, -0.2) is 8.42 Å². The Hall–Kier alpha value is -2.75. The molecule has 1 heterocycles. The minimum Gasteiger partial charge on any atom is -0.379 e. The highest BCUT2D eigenvalue weighted by atomic mass is 32.2. The van der Waals surface area contributed by atoms with E-state index >= 15 is 0 Å². The molecule has 3 rings (SSSR count). The van der Waals surface area contributed by atoms with Crippen molar-refractivity contribution in [2.75, 3.05) is 38.7 Å². The van der Waals surface area contributed by atoms with Crippen LogP contribution in [0.2, 0.25) is 0 Å². The minimum absolute atomic E-state index is 0.179. The number of hydrogen-bond donors (Lipinski definition) is 2. The summed E-state index contributed by atoms with van der Waals surface area (Å²) in [4.78, 5) is 24.5. The lowest BCUT2D eigenvalue weighted by molar-refractivity contribution is -0.116. The van der Waals surface area contributed by atoms with Gasteiger partial charge in [-0.2, -0.15) is 4.31 Å². The second kappa shape index (κ2) is 10.0. The third-order valence-corrected chi connectivity index (χ3v) is 7.16. The van der Waals surface area contributed by atoms with E-state index in [9.17, 15) is 18.0 Å². The number of carbonyl (C=O) groups excluding carboxylic acids is 2. The Morgan fingerprint density at radius 3 is 2.39 bits per heavy atom. The number of nitrogens with zero attached hydrogens (tertiary/aromatic N) is 1. The van der Waals surface area contributed by atoms with Gasteiger partial charge in [0.15, 0.2) is 0 Å². The lowest BCUT2D eigenvalue weighted by Gasteiger charge is -2.26. The normalized spacial score (nSPS) is 14.8. The van der Waals surface area contributed by atoms with E-state index in [-0.39, 0.29) is 23.1 Å². The van der Waals surface area contributed by atoms with Crippen LogP contribution in [0, 0.1) is 6.92 Å². The third-order valence-electron chi connectivity index (χ3n) is 5.25. The number of benzene rings is 2. The molecule has 1 fully saturated rings. The number of anilines is 1. The molecule has 2 aromatic rings. The molecule has 1 aliphatic heterocycles. The zero-order valence-electron chi connectivity index (χ0n) is 17.7. The van der Waals surface area contributed by atoms with Crippen molar-refractivity contribution in [3.05, 3.63) is 59.2 Å². The fourth-order valence-corrected chi connectivity index (χ4v) is 4.79. The number of sulfonamides is 1. The molecule has 0 aromatic heterocycles. The van der Waals surface area contributed by atoms with Crippen molar-refractivity contribution in [1.82, 2.24) is 9.62 Å². The van der Waals surface area contributed by atoms with Gasteiger partial charge in [0.2, 0.25) is 15.9 Å². The average molecular weight is 446 g/mol. The summed E-state index contributed by atoms with van der Waals surface area (Å²) < 4.78 is 32.0. The number of morpholine rings is 1. The quantitative estimate of drug-likeness (QED) is 0.678. The van der Waals surface area contributed by atoms with Crippen LogP contribution >= 0.6 is 0 Å². The predicted octanol–water partition coefficient (Wildman–Crippen LogP) is 1.95. The van der Waals surface area contributed by atoms with E-state index < -0.39 is 10.0 Å². The number of amides is 2. The Morgan fingerprint density at radius 1 is 1.06 bits per heavy atom. The maximum atomic E-state index is 12.7. The van der Waals surface area contributed by atoms with E-state index in [4.69, 9.17) is 4.74 Å². The molecule has 31 heavy (non-hydrogen) atoms. The molecule has 8 nitrogen and oxygen atoms in total. The van der Waals surface area contributed by atoms with Crippen LogP contribution in [0.3, 0.4) is 0 Å². The fraction of sp³-hybridized carbons (Fsp3) is 0.364. The first-order valence-electron chi connectivity index (χ1n) is 10.1. The van der Waals surface area contributed by atoms with E-state index in [0.717, 1.165) is 5.56 Å². The van der Waals surface area contributed by atoms with E-state index in [2.05, 4.69) is 10.6 Å². The van der Waals surface area contributed by atoms with Gasteiger partial charge in [-0.15, -0.1) is 0 Å². The Labute approximate surface area is 182 Å². The average Bonchev–Trinajstić information content (AvgIpc) is 2.79. The number of nitrogens with one attached hydrogen (secondary N) is 2. The molecule has 0 radical (unpaired) electrons. The largest absolute Gasteiger partial charge is 0.379 e. The highest BCUT2D eigenvalue weighted by Gasteiger charge is 2.26. The van der Waals surface area contributed by atoms with Crippen LogP contribution in [-0.2, 0) is 26.0 Å². The van der Waals surface area contributed by atoms with Crippen LogP contribution in [0.4, 0.5) is 5.69 Å². The topological polar surface area (TPSA) is 105 Å². The van der Waals surface area contributed by atoms with Crippen LogP contribution in [0.1, 0.15) is 27.9 Å². The van der Waals surface area contributed by atoms with Gasteiger partial charge in [0.1, 0.15) is 0 Å². The van der Waals surface area contributed by atoms with E-state index in [1.807, 2.05) is 0 Å². The molecule has 166 valence electrons. The molecule has 1 saturated heterocycles. The number of ether oxygens (including phenoxy) is 1. The molecule has 0 atom stereocenters. The highest BCUT2D eigenvalue weighted by Crippen LogP contribution is 2.20. The van der Waals surface area contributed by atoms with E-state index in [0.29, 0.717) is 49.5 Å². The summed E-state index contributed by atoms with van der Waals surface area (Å²) >= 11 is 0. The van der Waals surface area contributed by atoms with Gasteiger partial charge in [0, 0.05) is 37.8 Å². The predicted molar refractivity (Wildman–Crippen MR) is 118 cm³/mol. The molecular formula is C22H27N3O5S. The molecule has 0 saturated carbocycles. The Bertz CT molecular complexity index is 1050. The van der Waals surface area contributed by atoms with Crippen LogP contribution < -0.4 is 10.6 Å². The maximum absolute atomic E-state index is 12.7. The molecule has 0 unspecified atom stereocenters. The highest BCUT2D eigenvalue weighted by molar-refractivity contribution is 7.89. The van der Waals surface area contributed by atoms with Gasteiger partial charge in [-0.05, 0) is 48.7 Å². The van der Waals surface area contributed by atoms with Crippen molar-refractivity contribution < 1.29 is 22.7 Å². The van der Waals surface area contributed by atoms with E-state index in [1.54, 1.807) is 56.4 Å². The molecule has 2 amide bonds. The summed E-state index contributed by atoms with van der Waals surface area (Å²) in [6, 6.07) is 11.8. The summed E-state index contributed by atoms with van der Waals surface area (Å²) in [6.45, 7) is 3.29. The van der Waals surface area contributed by atoms with Gasteiger partial charge in [-0.3, -0.25) is 9.59 Å². The molecule has 2 N–H and O–H groups in total. The fourth-order valence-electron chi connectivity index (χ4n) is 3.39. The van der Waals surface area contributed by atoms with Crippen molar-refractivity contribution in [3.63, 3.8) is 0 Å². The smallest absolute Gasteiger partial charge is 0.251 e. The van der Waals surface area contributed by atoms with E-state index in [1.165, 1.54) is 4.31 Å².